The predicted molar refractivity (Wildman–Crippen MR) is 49.5 cm³/mol. The van der Waals surface area contributed by atoms with Gasteiger partial charge in [0.05, 0.1) is 6.07 Å². The second-order valence-electron chi connectivity index (χ2n) is 3.16. The van der Waals surface area contributed by atoms with E-state index in [1.165, 1.54) is 0 Å². The number of carbonyl (C=O) groups excluding carboxylic acids is 1. The van der Waals surface area contributed by atoms with Gasteiger partial charge in [-0.25, -0.2) is 4.79 Å². The Hall–Kier alpha value is -1.33. The van der Waals surface area contributed by atoms with Crippen molar-refractivity contribution in [3.63, 3.8) is 0 Å². The Kier molecular flexibility index (Phi) is 3.49. The molecule has 0 atom stereocenters. The lowest BCUT2D eigenvalue weighted by molar-refractivity contribution is 0.202. The molecule has 15 heavy (non-hydrogen) atoms. The van der Waals surface area contributed by atoms with Crippen LogP contribution >= 0.6 is 0 Å². The van der Waals surface area contributed by atoms with Crippen molar-refractivity contribution in [3.05, 3.63) is 0 Å². The van der Waals surface area contributed by atoms with Crippen LogP contribution in [0.3, 0.4) is 0 Å². The first kappa shape index (κ1) is 11.7. The Morgan fingerprint density at radius 1 is 1.47 bits per heavy atom. The summed E-state index contributed by atoms with van der Waals surface area (Å²) in [6.07, 6.45) is -0.465. The second kappa shape index (κ2) is 4.46. The molecule has 0 aromatic rings. The van der Waals surface area contributed by atoms with Crippen molar-refractivity contribution in [2.45, 2.75) is 12.8 Å². The van der Waals surface area contributed by atoms with E-state index in [4.69, 9.17) is 5.26 Å². The van der Waals surface area contributed by atoms with Crippen molar-refractivity contribution in [3.8, 4) is 6.07 Å². The van der Waals surface area contributed by atoms with Crippen LogP contribution in [0.2, 0.25) is 0 Å². The molecule has 0 bridgehead atoms. The predicted octanol–water partition coefficient (Wildman–Crippen LogP) is -0.438. The zero-order valence-electron chi connectivity index (χ0n) is 7.92. The fourth-order valence-electron chi connectivity index (χ4n) is 1.37. The van der Waals surface area contributed by atoms with Crippen molar-refractivity contribution in [1.82, 2.24) is 4.31 Å². The molecule has 84 valence electrons. The average Bonchev–Trinajstić information content (AvgIpc) is 2.16. The molecular formula is C7H11N3O4S. The molecule has 2 N–H and O–H groups in total. The van der Waals surface area contributed by atoms with Gasteiger partial charge in [0.2, 0.25) is 0 Å². The van der Waals surface area contributed by atoms with Crippen LogP contribution < -0.4 is 5.73 Å². The van der Waals surface area contributed by atoms with Crippen molar-refractivity contribution in [2.75, 3.05) is 13.1 Å². The van der Waals surface area contributed by atoms with E-state index in [1.807, 2.05) is 0 Å². The maximum Gasteiger partial charge on any atom is 0.421 e. The largest absolute Gasteiger partial charge is 0.421 e. The molecule has 1 saturated heterocycles. The number of piperidine rings is 1. The monoisotopic (exact) mass is 233 g/mol. The van der Waals surface area contributed by atoms with Crippen molar-refractivity contribution >= 4 is 16.4 Å². The Labute approximate surface area is 87.7 Å². The number of hydrogen-bond acceptors (Lipinski definition) is 5. The molecule has 8 heteroatoms. The van der Waals surface area contributed by atoms with Gasteiger partial charge in [0.1, 0.15) is 0 Å². The Morgan fingerprint density at radius 2 is 2.00 bits per heavy atom. The minimum Gasteiger partial charge on any atom is -0.334 e. The number of hydrogen-bond donors (Lipinski definition) is 1. The topological polar surface area (TPSA) is 113 Å². The summed E-state index contributed by atoms with van der Waals surface area (Å²) in [5.74, 6) is -0.134. The molecule has 0 radical (unpaired) electrons. The van der Waals surface area contributed by atoms with Gasteiger partial charge in [0.25, 0.3) is 0 Å². The van der Waals surface area contributed by atoms with E-state index >= 15 is 0 Å². The van der Waals surface area contributed by atoms with E-state index in [9.17, 15) is 13.2 Å². The highest BCUT2D eigenvalue weighted by Crippen LogP contribution is 2.19. The van der Waals surface area contributed by atoms with E-state index in [1.54, 1.807) is 0 Å². The van der Waals surface area contributed by atoms with E-state index in [0.717, 1.165) is 4.31 Å². The number of carbonyl (C=O) groups is 1. The summed E-state index contributed by atoms with van der Waals surface area (Å²) in [6, 6.07) is 2.06. The summed E-state index contributed by atoms with van der Waals surface area (Å²) >= 11 is 0. The van der Waals surface area contributed by atoms with Crippen LogP contribution in [0.4, 0.5) is 4.79 Å². The number of nitriles is 1. The molecule has 1 fully saturated rings. The lowest BCUT2D eigenvalue weighted by atomic mass is 10.0. The van der Waals surface area contributed by atoms with Crippen molar-refractivity contribution in [1.29, 1.82) is 5.26 Å². The lowest BCUT2D eigenvalue weighted by Crippen LogP contribution is -2.40. The summed E-state index contributed by atoms with van der Waals surface area (Å²) in [7, 11) is -4.06. The normalized spacial score (nSPS) is 19.4. The average molecular weight is 233 g/mol. The highest BCUT2D eigenvalue weighted by atomic mass is 32.2. The fourth-order valence-corrected chi connectivity index (χ4v) is 2.34. The molecule has 1 rings (SSSR count). The highest BCUT2D eigenvalue weighted by Gasteiger charge is 2.30. The Bertz CT molecular complexity index is 378. The summed E-state index contributed by atoms with van der Waals surface area (Å²) in [4.78, 5) is 10.3. The summed E-state index contributed by atoms with van der Waals surface area (Å²) < 4.78 is 27.6. The van der Waals surface area contributed by atoms with Crippen LogP contribution in [0.1, 0.15) is 12.8 Å². The van der Waals surface area contributed by atoms with Crippen LogP contribution in [-0.4, -0.2) is 31.9 Å². The van der Waals surface area contributed by atoms with Crippen molar-refractivity contribution in [2.24, 2.45) is 11.7 Å². The van der Waals surface area contributed by atoms with Crippen LogP contribution in [-0.2, 0) is 14.5 Å². The van der Waals surface area contributed by atoms with E-state index in [0.29, 0.717) is 12.8 Å². The number of nitrogens with zero attached hydrogens (tertiary/aromatic N) is 2. The van der Waals surface area contributed by atoms with Gasteiger partial charge in [-0.2, -0.15) is 18.0 Å². The van der Waals surface area contributed by atoms with Gasteiger partial charge in [-0.15, -0.1) is 0 Å². The number of amides is 1. The van der Waals surface area contributed by atoms with E-state index in [2.05, 4.69) is 16.0 Å². The van der Waals surface area contributed by atoms with E-state index in [-0.39, 0.29) is 19.0 Å². The molecular weight excluding hydrogens is 222 g/mol. The molecule has 0 unspecified atom stereocenters. The molecule has 0 spiro atoms. The first-order valence-electron chi connectivity index (χ1n) is 4.34. The second-order valence-corrected chi connectivity index (χ2v) is 4.70. The first-order valence-corrected chi connectivity index (χ1v) is 5.71. The van der Waals surface area contributed by atoms with Crippen LogP contribution in [0.5, 0.6) is 0 Å². The molecule has 1 aliphatic rings. The molecule has 1 amide bonds. The summed E-state index contributed by atoms with van der Waals surface area (Å²) in [5, 5.41) is 8.60. The highest BCUT2D eigenvalue weighted by molar-refractivity contribution is 7.84. The molecule has 0 aromatic carbocycles. The molecule has 0 saturated carbocycles. The smallest absolute Gasteiger partial charge is 0.334 e. The zero-order chi connectivity index (χ0) is 11.5. The standard InChI is InChI=1S/C7H11N3O4S/c8-5-6-1-3-10(4-2-6)15(12,13)14-7(9)11/h6H,1-4H2,(H2,9,11). The lowest BCUT2D eigenvalue weighted by Gasteiger charge is -2.26. The van der Waals surface area contributed by atoms with Gasteiger partial charge >= 0.3 is 16.4 Å². The Balaban J connectivity index is 2.60. The maximum absolute atomic E-state index is 11.3. The van der Waals surface area contributed by atoms with Gasteiger partial charge in [-0.05, 0) is 12.8 Å². The summed E-state index contributed by atoms with van der Waals surface area (Å²) in [5.41, 5.74) is 4.62. The molecule has 0 aromatic heterocycles. The van der Waals surface area contributed by atoms with Gasteiger partial charge < -0.3 is 9.92 Å². The Morgan fingerprint density at radius 3 is 2.40 bits per heavy atom. The van der Waals surface area contributed by atoms with Gasteiger partial charge in [0, 0.05) is 19.0 Å². The fraction of sp³-hybridized carbons (Fsp3) is 0.714. The SMILES string of the molecule is N#CC1CCN(S(=O)(=O)OC(N)=O)CC1. The van der Waals surface area contributed by atoms with Crippen LogP contribution in [0.15, 0.2) is 0 Å². The van der Waals surface area contributed by atoms with Crippen molar-refractivity contribution < 1.29 is 17.4 Å². The number of nitrogens with two attached hydrogens (primary N) is 1. The number of rotatable bonds is 2. The third-order valence-electron chi connectivity index (χ3n) is 2.14. The van der Waals surface area contributed by atoms with Crippen LogP contribution in [0, 0.1) is 17.2 Å². The summed E-state index contributed by atoms with van der Waals surface area (Å²) in [6.45, 7) is 0.349. The maximum atomic E-state index is 11.3. The van der Waals surface area contributed by atoms with Gasteiger partial charge in [-0.1, -0.05) is 0 Å². The van der Waals surface area contributed by atoms with Gasteiger partial charge in [0.15, 0.2) is 0 Å². The van der Waals surface area contributed by atoms with Gasteiger partial charge in [-0.3, -0.25) is 0 Å². The minimum atomic E-state index is -4.06. The minimum absolute atomic E-state index is 0.134. The molecule has 1 aliphatic heterocycles. The van der Waals surface area contributed by atoms with E-state index < -0.39 is 16.4 Å². The molecule has 7 nitrogen and oxygen atoms in total. The van der Waals surface area contributed by atoms with Crippen LogP contribution in [0.25, 0.3) is 0 Å². The number of primary amides is 1. The third-order valence-corrected chi connectivity index (χ3v) is 3.51. The first-order chi connectivity index (χ1) is 6.95. The molecule has 0 aliphatic carbocycles. The third kappa shape index (κ3) is 3.07. The molecule has 1 heterocycles. The quantitative estimate of drug-likeness (QED) is 0.694. The zero-order valence-corrected chi connectivity index (χ0v) is 8.74.